The molecule has 3 nitrogen and oxygen atoms in total. The van der Waals surface area contributed by atoms with Gasteiger partial charge < -0.3 is 14.5 Å². The molecule has 1 heterocycles. The predicted molar refractivity (Wildman–Crippen MR) is 214 cm³/mol. The highest BCUT2D eigenvalue weighted by atomic mass is 16.5. The van der Waals surface area contributed by atoms with Gasteiger partial charge in [-0.3, -0.25) is 0 Å². The van der Waals surface area contributed by atoms with E-state index in [4.69, 9.17) is 4.74 Å². The van der Waals surface area contributed by atoms with Crippen LogP contribution in [0.2, 0.25) is 0 Å². The largest absolute Gasteiger partial charge is 0.456 e. The first-order valence-electron chi connectivity index (χ1n) is 17.4. The van der Waals surface area contributed by atoms with E-state index in [1.165, 1.54) is 27.1 Å². The van der Waals surface area contributed by atoms with E-state index in [-0.39, 0.29) is 0 Å². The normalized spacial score (nSPS) is 11.7. The maximum atomic E-state index is 6.84. The van der Waals surface area contributed by atoms with Crippen LogP contribution >= 0.6 is 0 Å². The molecule has 1 aliphatic heterocycles. The maximum absolute atomic E-state index is 6.84. The van der Waals surface area contributed by atoms with Crippen LogP contribution in [0.25, 0.3) is 43.4 Å². The molecule has 9 aromatic carbocycles. The molecule has 0 spiro atoms. The number of benzene rings is 9. The fourth-order valence-electron chi connectivity index (χ4n) is 7.67. The van der Waals surface area contributed by atoms with E-state index in [0.717, 1.165) is 62.0 Å². The van der Waals surface area contributed by atoms with Crippen LogP contribution in [0.4, 0.5) is 34.1 Å². The standard InChI is InChI=1S/C48H32N2O/c1-4-14-35(15-5-1)49(38-26-25-34-24-23-33-13-10-11-20-40(33)44(34)31-38)39-27-28-41-42-29-30-45(43-21-12-22-46(48(42)43)51-47(41)32-39)50(36-16-6-2-7-17-36)37-18-8-3-9-19-37/h1-32H. The van der Waals surface area contributed by atoms with E-state index in [9.17, 15) is 0 Å². The highest BCUT2D eigenvalue weighted by Gasteiger charge is 2.25. The summed E-state index contributed by atoms with van der Waals surface area (Å²) in [7, 11) is 0. The molecule has 0 amide bonds. The van der Waals surface area contributed by atoms with Gasteiger partial charge in [0.15, 0.2) is 0 Å². The van der Waals surface area contributed by atoms with Gasteiger partial charge in [0, 0.05) is 50.8 Å². The molecule has 0 aliphatic carbocycles. The second-order valence-corrected chi connectivity index (χ2v) is 13.0. The summed E-state index contributed by atoms with van der Waals surface area (Å²) in [6.07, 6.45) is 0. The number of nitrogens with zero attached hydrogens (tertiary/aromatic N) is 2. The van der Waals surface area contributed by atoms with Crippen LogP contribution in [0.5, 0.6) is 11.5 Å². The van der Waals surface area contributed by atoms with Crippen molar-refractivity contribution in [2.24, 2.45) is 0 Å². The third-order valence-electron chi connectivity index (χ3n) is 9.99. The van der Waals surface area contributed by atoms with Crippen molar-refractivity contribution < 1.29 is 4.74 Å². The van der Waals surface area contributed by atoms with Crippen LogP contribution in [-0.2, 0) is 0 Å². The number of hydrogen-bond acceptors (Lipinski definition) is 3. The Hall–Kier alpha value is -6.84. The minimum absolute atomic E-state index is 0.843. The molecule has 0 atom stereocenters. The van der Waals surface area contributed by atoms with Crippen molar-refractivity contribution in [2.75, 3.05) is 9.80 Å². The van der Waals surface area contributed by atoms with Crippen molar-refractivity contribution in [2.45, 2.75) is 0 Å². The number of rotatable bonds is 6. The first kappa shape index (κ1) is 29.1. The highest BCUT2D eigenvalue weighted by molar-refractivity contribution is 6.12. The molecule has 0 saturated carbocycles. The van der Waals surface area contributed by atoms with Crippen LogP contribution in [0.15, 0.2) is 194 Å². The van der Waals surface area contributed by atoms with Crippen molar-refractivity contribution in [3.63, 3.8) is 0 Å². The van der Waals surface area contributed by atoms with E-state index < -0.39 is 0 Å². The topological polar surface area (TPSA) is 15.7 Å². The summed E-state index contributed by atoms with van der Waals surface area (Å²) in [5.74, 6) is 1.70. The quantitative estimate of drug-likeness (QED) is 0.166. The lowest BCUT2D eigenvalue weighted by Crippen LogP contribution is -2.11. The van der Waals surface area contributed by atoms with E-state index in [0.29, 0.717) is 0 Å². The number of para-hydroxylation sites is 3. The minimum Gasteiger partial charge on any atom is -0.456 e. The Morgan fingerprint density at radius 2 is 0.863 bits per heavy atom. The van der Waals surface area contributed by atoms with Crippen LogP contribution in [0, 0.1) is 0 Å². The van der Waals surface area contributed by atoms with Gasteiger partial charge in [0.1, 0.15) is 11.5 Å². The van der Waals surface area contributed by atoms with Crippen molar-refractivity contribution in [1.29, 1.82) is 0 Å². The van der Waals surface area contributed by atoms with Crippen LogP contribution in [0.3, 0.4) is 0 Å². The SMILES string of the molecule is c1ccc(N(c2ccc3c(c2)Oc2cccc4c(N(c5ccccc5)c5ccccc5)ccc-3c24)c2ccc3ccc4ccccc4c3c2)cc1. The zero-order valence-corrected chi connectivity index (χ0v) is 27.8. The van der Waals surface area contributed by atoms with Gasteiger partial charge in [-0.05, 0) is 99.9 Å². The van der Waals surface area contributed by atoms with Gasteiger partial charge in [-0.2, -0.15) is 0 Å². The lowest BCUT2D eigenvalue weighted by molar-refractivity contribution is 0.487. The van der Waals surface area contributed by atoms with Gasteiger partial charge in [-0.1, -0.05) is 115 Å². The van der Waals surface area contributed by atoms with Gasteiger partial charge in [0.05, 0.1) is 5.69 Å². The summed E-state index contributed by atoms with van der Waals surface area (Å²) in [6.45, 7) is 0. The Bertz CT molecular complexity index is 2690. The fourth-order valence-corrected chi connectivity index (χ4v) is 7.67. The Morgan fingerprint density at radius 1 is 0.314 bits per heavy atom. The monoisotopic (exact) mass is 652 g/mol. The molecular formula is C48H32N2O. The van der Waals surface area contributed by atoms with E-state index >= 15 is 0 Å². The average Bonchev–Trinajstić information content (AvgIpc) is 3.20. The summed E-state index contributed by atoms with van der Waals surface area (Å²) >= 11 is 0. The molecule has 0 fully saturated rings. The number of anilines is 6. The Morgan fingerprint density at radius 3 is 1.59 bits per heavy atom. The van der Waals surface area contributed by atoms with Crippen molar-refractivity contribution in [3.8, 4) is 22.6 Å². The third-order valence-corrected chi connectivity index (χ3v) is 9.99. The van der Waals surface area contributed by atoms with Crippen molar-refractivity contribution in [3.05, 3.63) is 194 Å². The van der Waals surface area contributed by atoms with Gasteiger partial charge in [-0.15, -0.1) is 0 Å². The molecule has 10 rings (SSSR count). The maximum Gasteiger partial charge on any atom is 0.137 e. The van der Waals surface area contributed by atoms with Gasteiger partial charge in [0.2, 0.25) is 0 Å². The molecule has 51 heavy (non-hydrogen) atoms. The first-order chi connectivity index (χ1) is 25.3. The van der Waals surface area contributed by atoms with E-state index in [2.05, 4.69) is 204 Å². The predicted octanol–water partition coefficient (Wildman–Crippen LogP) is 13.9. The summed E-state index contributed by atoms with van der Waals surface area (Å²) < 4.78 is 6.84. The summed E-state index contributed by atoms with van der Waals surface area (Å²) in [4.78, 5) is 4.65. The molecule has 0 radical (unpaired) electrons. The molecule has 0 saturated heterocycles. The molecule has 1 aliphatic rings. The Labute approximate surface area is 296 Å². The molecule has 240 valence electrons. The summed E-state index contributed by atoms with van der Waals surface area (Å²) in [6, 6.07) is 69.0. The molecule has 0 aromatic heterocycles. The van der Waals surface area contributed by atoms with Crippen molar-refractivity contribution in [1.82, 2.24) is 0 Å². The van der Waals surface area contributed by atoms with Gasteiger partial charge in [0.25, 0.3) is 0 Å². The van der Waals surface area contributed by atoms with E-state index in [1.54, 1.807) is 0 Å². The number of ether oxygens (including phenoxy) is 1. The highest BCUT2D eigenvalue weighted by Crippen LogP contribution is 2.52. The zero-order valence-electron chi connectivity index (χ0n) is 27.8. The van der Waals surface area contributed by atoms with Crippen LogP contribution in [-0.4, -0.2) is 0 Å². The number of fused-ring (bicyclic) bond motifs is 5. The van der Waals surface area contributed by atoms with E-state index in [1.807, 2.05) is 0 Å². The molecule has 0 N–H and O–H groups in total. The first-order valence-corrected chi connectivity index (χ1v) is 17.4. The Balaban J connectivity index is 1.12. The zero-order chi connectivity index (χ0) is 33.7. The third kappa shape index (κ3) is 4.90. The Kier molecular flexibility index (Phi) is 6.81. The van der Waals surface area contributed by atoms with Crippen LogP contribution in [0.1, 0.15) is 0 Å². The minimum atomic E-state index is 0.843. The summed E-state index contributed by atoms with van der Waals surface area (Å²) in [5.41, 5.74) is 8.78. The van der Waals surface area contributed by atoms with Gasteiger partial charge in [-0.25, -0.2) is 0 Å². The second kappa shape index (κ2) is 11.9. The van der Waals surface area contributed by atoms with Crippen LogP contribution < -0.4 is 14.5 Å². The molecule has 3 heteroatoms. The lowest BCUT2D eigenvalue weighted by atomic mass is 9.93. The van der Waals surface area contributed by atoms with Crippen molar-refractivity contribution >= 4 is 66.4 Å². The molecule has 0 unspecified atom stereocenters. The second-order valence-electron chi connectivity index (χ2n) is 13.0. The fraction of sp³-hybridized carbons (Fsp3) is 0. The van der Waals surface area contributed by atoms with Gasteiger partial charge >= 0.3 is 0 Å². The molecular weight excluding hydrogens is 621 g/mol. The smallest absolute Gasteiger partial charge is 0.137 e. The average molecular weight is 653 g/mol. The number of hydrogen-bond donors (Lipinski definition) is 0. The molecule has 0 bridgehead atoms. The lowest BCUT2D eigenvalue weighted by Gasteiger charge is -2.30. The molecule has 9 aromatic rings. The summed E-state index contributed by atoms with van der Waals surface area (Å²) in [5, 5.41) is 7.21.